The molecule has 110 valence electrons. The number of hydrogen-bond donors (Lipinski definition) is 0. The summed E-state index contributed by atoms with van der Waals surface area (Å²) in [5, 5.41) is 0. The summed E-state index contributed by atoms with van der Waals surface area (Å²) >= 11 is 0. The van der Waals surface area contributed by atoms with Gasteiger partial charge in [0.1, 0.15) is 0 Å². The largest absolute Gasteiger partial charge is 0.465 e. The molecule has 1 unspecified atom stereocenters. The van der Waals surface area contributed by atoms with Crippen LogP contribution >= 0.6 is 0 Å². The highest BCUT2D eigenvalue weighted by molar-refractivity contribution is 5.69. The summed E-state index contributed by atoms with van der Waals surface area (Å²) in [5.74, 6) is 0.306. The minimum absolute atomic E-state index is 0.0781. The maximum atomic E-state index is 11.7. The third-order valence-corrected chi connectivity index (χ3v) is 3.22. The van der Waals surface area contributed by atoms with Crippen molar-refractivity contribution in [3.8, 4) is 0 Å². The van der Waals surface area contributed by atoms with Crippen LogP contribution in [0.4, 0.5) is 0 Å². The lowest BCUT2D eigenvalue weighted by Crippen LogP contribution is -2.11. The molecule has 0 heterocycles. The highest BCUT2D eigenvalue weighted by atomic mass is 16.5. The van der Waals surface area contributed by atoms with E-state index < -0.39 is 0 Å². The number of benzene rings is 1. The summed E-state index contributed by atoms with van der Waals surface area (Å²) in [7, 11) is 0. The number of allylic oxidation sites excluding steroid dienone is 2. The van der Waals surface area contributed by atoms with Crippen molar-refractivity contribution in [2.45, 2.75) is 46.5 Å². The smallest absolute Gasteiger partial charge is 0.306 e. The van der Waals surface area contributed by atoms with Gasteiger partial charge < -0.3 is 4.74 Å². The van der Waals surface area contributed by atoms with Gasteiger partial charge in [-0.15, -0.1) is 0 Å². The average molecular weight is 274 g/mol. The molecule has 0 spiro atoms. The number of hydrogen-bond acceptors (Lipinski definition) is 2. The van der Waals surface area contributed by atoms with Crippen molar-refractivity contribution < 1.29 is 9.53 Å². The van der Waals surface area contributed by atoms with E-state index in [4.69, 9.17) is 4.74 Å². The van der Waals surface area contributed by atoms with Gasteiger partial charge in [0.15, 0.2) is 0 Å². The quantitative estimate of drug-likeness (QED) is 0.513. The summed E-state index contributed by atoms with van der Waals surface area (Å²) in [4.78, 5) is 11.7. The first kappa shape index (κ1) is 16.5. The van der Waals surface area contributed by atoms with Crippen LogP contribution in [0.5, 0.6) is 0 Å². The van der Waals surface area contributed by atoms with Crippen molar-refractivity contribution in [1.82, 2.24) is 0 Å². The molecule has 1 aromatic rings. The maximum absolute atomic E-state index is 11.7. The molecule has 0 aliphatic carbocycles. The lowest BCUT2D eigenvalue weighted by atomic mass is 10.0. The fourth-order valence-electron chi connectivity index (χ4n) is 2.03. The first-order valence-electron chi connectivity index (χ1n) is 7.41. The third-order valence-electron chi connectivity index (χ3n) is 3.22. The number of ether oxygens (including phenoxy) is 1. The predicted octanol–water partition coefficient (Wildman–Crippen LogP) is 4.54. The second kappa shape index (κ2) is 9.35. The Morgan fingerprint density at radius 2 is 1.95 bits per heavy atom. The van der Waals surface area contributed by atoms with Crippen LogP contribution < -0.4 is 0 Å². The molecule has 0 aliphatic rings. The number of esters is 1. The van der Waals surface area contributed by atoms with Gasteiger partial charge in [-0.2, -0.15) is 0 Å². The fourth-order valence-corrected chi connectivity index (χ4v) is 2.03. The van der Waals surface area contributed by atoms with Gasteiger partial charge in [-0.05, 0) is 38.2 Å². The summed E-state index contributed by atoms with van der Waals surface area (Å²) in [6, 6.07) is 10.1. The molecular weight excluding hydrogens is 248 g/mol. The molecule has 0 fully saturated rings. The van der Waals surface area contributed by atoms with E-state index >= 15 is 0 Å². The van der Waals surface area contributed by atoms with Gasteiger partial charge in [0, 0.05) is 12.8 Å². The second-order valence-electron chi connectivity index (χ2n) is 5.62. The number of carbonyl (C=O) groups is 1. The molecule has 1 aromatic carbocycles. The molecule has 0 N–H and O–H groups in total. The summed E-state index contributed by atoms with van der Waals surface area (Å²) in [5.41, 5.74) is 2.54. The second-order valence-corrected chi connectivity index (χ2v) is 5.62. The van der Waals surface area contributed by atoms with Gasteiger partial charge in [-0.3, -0.25) is 4.79 Å². The molecule has 1 rings (SSSR count). The fraction of sp³-hybridized carbons (Fsp3) is 0.500. The van der Waals surface area contributed by atoms with Gasteiger partial charge in [-0.25, -0.2) is 0 Å². The molecule has 0 saturated heterocycles. The van der Waals surface area contributed by atoms with Crippen molar-refractivity contribution in [2.75, 3.05) is 6.61 Å². The van der Waals surface area contributed by atoms with Crippen LogP contribution in [-0.4, -0.2) is 12.6 Å². The van der Waals surface area contributed by atoms with E-state index in [-0.39, 0.29) is 5.97 Å². The standard InChI is InChI=1S/C18H26O2/c1-15(2)8-7-9-16(3)14-18(19)20-13-12-17-10-5-4-6-11-17/h4-6,8,10-11,16H,7,9,12-14H2,1-3H3. The molecule has 0 radical (unpaired) electrons. The third kappa shape index (κ3) is 7.78. The van der Waals surface area contributed by atoms with E-state index in [0.717, 1.165) is 19.3 Å². The Kier molecular flexibility index (Phi) is 7.71. The van der Waals surface area contributed by atoms with Crippen LogP contribution in [0.1, 0.15) is 45.6 Å². The topological polar surface area (TPSA) is 26.3 Å². The summed E-state index contributed by atoms with van der Waals surface area (Å²) < 4.78 is 5.29. The first-order valence-corrected chi connectivity index (χ1v) is 7.41. The molecule has 20 heavy (non-hydrogen) atoms. The Labute approximate surface area is 122 Å². The lowest BCUT2D eigenvalue weighted by molar-refractivity contribution is -0.144. The van der Waals surface area contributed by atoms with Gasteiger partial charge in [0.25, 0.3) is 0 Å². The molecule has 0 aliphatic heterocycles. The first-order chi connectivity index (χ1) is 9.58. The molecule has 0 bridgehead atoms. The zero-order chi connectivity index (χ0) is 14.8. The van der Waals surface area contributed by atoms with E-state index in [1.54, 1.807) is 0 Å². The minimum atomic E-state index is -0.0781. The molecule has 2 heteroatoms. The highest BCUT2D eigenvalue weighted by Gasteiger charge is 2.09. The van der Waals surface area contributed by atoms with Gasteiger partial charge >= 0.3 is 5.97 Å². The van der Waals surface area contributed by atoms with Gasteiger partial charge in [-0.1, -0.05) is 48.9 Å². The summed E-state index contributed by atoms with van der Waals surface area (Å²) in [6.07, 6.45) is 5.61. The van der Waals surface area contributed by atoms with Crippen molar-refractivity contribution in [3.63, 3.8) is 0 Å². The van der Waals surface area contributed by atoms with Crippen LogP contribution in [0.15, 0.2) is 42.0 Å². The van der Waals surface area contributed by atoms with Crippen LogP contribution in [0.3, 0.4) is 0 Å². The van der Waals surface area contributed by atoms with E-state index in [9.17, 15) is 4.79 Å². The normalized spacial score (nSPS) is 11.8. The molecular formula is C18H26O2. The van der Waals surface area contributed by atoms with Crippen molar-refractivity contribution in [2.24, 2.45) is 5.92 Å². The number of rotatable bonds is 8. The number of carbonyl (C=O) groups excluding carboxylic acids is 1. The molecule has 0 saturated carbocycles. The molecule has 0 amide bonds. The van der Waals surface area contributed by atoms with Gasteiger partial charge in [0.2, 0.25) is 0 Å². The van der Waals surface area contributed by atoms with E-state index in [1.165, 1.54) is 11.1 Å². The Balaban J connectivity index is 2.15. The Hall–Kier alpha value is -1.57. The average Bonchev–Trinajstić information content (AvgIpc) is 2.39. The molecule has 2 nitrogen and oxygen atoms in total. The van der Waals surface area contributed by atoms with E-state index in [0.29, 0.717) is 18.9 Å². The predicted molar refractivity (Wildman–Crippen MR) is 83.6 cm³/mol. The van der Waals surface area contributed by atoms with Crippen LogP contribution in [0.2, 0.25) is 0 Å². The van der Waals surface area contributed by atoms with Crippen molar-refractivity contribution in [1.29, 1.82) is 0 Å². The van der Waals surface area contributed by atoms with Crippen LogP contribution in [0.25, 0.3) is 0 Å². The van der Waals surface area contributed by atoms with E-state index in [1.807, 2.05) is 18.2 Å². The minimum Gasteiger partial charge on any atom is -0.465 e. The SMILES string of the molecule is CC(C)=CCCC(C)CC(=O)OCCc1ccccc1. The zero-order valence-electron chi connectivity index (χ0n) is 12.9. The van der Waals surface area contributed by atoms with Crippen molar-refractivity contribution >= 4 is 5.97 Å². The van der Waals surface area contributed by atoms with Gasteiger partial charge in [0.05, 0.1) is 6.61 Å². The van der Waals surface area contributed by atoms with Crippen LogP contribution in [0, 0.1) is 5.92 Å². The summed E-state index contributed by atoms with van der Waals surface area (Å²) in [6.45, 7) is 6.78. The molecule has 0 aromatic heterocycles. The highest BCUT2D eigenvalue weighted by Crippen LogP contribution is 2.12. The lowest BCUT2D eigenvalue weighted by Gasteiger charge is -2.10. The zero-order valence-corrected chi connectivity index (χ0v) is 12.9. The monoisotopic (exact) mass is 274 g/mol. The Morgan fingerprint density at radius 3 is 2.60 bits per heavy atom. The Bertz CT molecular complexity index is 416. The Morgan fingerprint density at radius 1 is 1.25 bits per heavy atom. The van der Waals surface area contributed by atoms with E-state index in [2.05, 4.69) is 39.0 Å². The molecule has 1 atom stereocenters. The maximum Gasteiger partial charge on any atom is 0.306 e. The van der Waals surface area contributed by atoms with Crippen molar-refractivity contribution in [3.05, 3.63) is 47.5 Å². The van der Waals surface area contributed by atoms with Crippen LogP contribution in [-0.2, 0) is 16.0 Å².